The van der Waals surface area contributed by atoms with E-state index in [1.54, 1.807) is 52.3 Å². The predicted octanol–water partition coefficient (Wildman–Crippen LogP) is 3.20. The van der Waals surface area contributed by atoms with E-state index in [4.69, 9.17) is 11.6 Å². The number of hydrogen-bond acceptors (Lipinski definition) is 7. The molecule has 13 heteroatoms. The van der Waals surface area contributed by atoms with Crippen molar-refractivity contribution in [2.24, 2.45) is 11.4 Å². The highest BCUT2D eigenvalue weighted by molar-refractivity contribution is 7.92. The maximum Gasteiger partial charge on any atom is 0.400 e. The molecule has 0 saturated heterocycles. The maximum atomic E-state index is 13.1. The van der Waals surface area contributed by atoms with Crippen molar-refractivity contribution in [1.29, 1.82) is 0 Å². The zero-order valence-corrected chi connectivity index (χ0v) is 17.4. The minimum Gasteiger partial charge on any atom is -0.340 e. The van der Waals surface area contributed by atoms with Gasteiger partial charge in [0.2, 0.25) is 5.82 Å². The van der Waals surface area contributed by atoms with Gasteiger partial charge in [0.15, 0.2) is 0 Å². The van der Waals surface area contributed by atoms with Crippen LogP contribution in [0.15, 0.2) is 45.9 Å². The van der Waals surface area contributed by atoms with Gasteiger partial charge in [-0.15, -0.1) is 0 Å². The molecule has 0 bridgehead atoms. The third kappa shape index (κ3) is 4.49. The topological polar surface area (TPSA) is 103 Å². The molecule has 0 aliphatic carbocycles. The van der Waals surface area contributed by atoms with Crippen LogP contribution in [0.2, 0.25) is 0 Å². The van der Waals surface area contributed by atoms with Crippen LogP contribution in [0.25, 0.3) is 17.0 Å². The molecule has 0 spiro atoms. The lowest BCUT2D eigenvalue weighted by Crippen LogP contribution is -2.03. The van der Waals surface area contributed by atoms with E-state index in [0.29, 0.717) is 22.6 Å². The average Bonchev–Trinajstić information content (AvgIpc) is 3.37. The van der Waals surface area contributed by atoms with Crippen molar-refractivity contribution < 1.29 is 17.5 Å². The fourth-order valence-corrected chi connectivity index (χ4v) is 4.04. The van der Waals surface area contributed by atoms with Crippen LogP contribution in [-0.2, 0) is 34.5 Å². The second kappa shape index (κ2) is 7.43. The number of alkyl halides is 3. The summed E-state index contributed by atoms with van der Waals surface area (Å²) in [5.74, 6) is -0.766. The molecule has 0 aliphatic heterocycles. The molecule has 1 unspecified atom stereocenters. The molecule has 0 aromatic carbocycles. The van der Waals surface area contributed by atoms with Gasteiger partial charge in [-0.3, -0.25) is 0 Å². The summed E-state index contributed by atoms with van der Waals surface area (Å²) in [5.41, 5.74) is 2.26. The van der Waals surface area contributed by atoms with Gasteiger partial charge in [-0.05, 0) is 23.7 Å². The number of halogens is 3. The molecule has 0 fully saturated rings. The van der Waals surface area contributed by atoms with Crippen molar-refractivity contribution in [3.63, 3.8) is 0 Å². The number of rotatable bonds is 6. The summed E-state index contributed by atoms with van der Waals surface area (Å²) >= 11 is 4.90. The van der Waals surface area contributed by atoms with E-state index in [9.17, 15) is 13.0 Å². The first-order valence-electron chi connectivity index (χ1n) is 8.60. The Morgan fingerprint density at radius 1 is 1.30 bits per heavy atom. The molecular weight excluding hydrogens is 440 g/mol. The number of nitrogens with zero attached hydrogens (tertiary/aromatic N) is 7. The highest BCUT2D eigenvalue weighted by Crippen LogP contribution is 2.32. The third-order valence-corrected chi connectivity index (χ3v) is 5.78. The van der Waals surface area contributed by atoms with Gasteiger partial charge in [0.1, 0.15) is 5.65 Å². The van der Waals surface area contributed by atoms with Crippen LogP contribution in [0, 0.1) is 0 Å². The van der Waals surface area contributed by atoms with Gasteiger partial charge in [0.25, 0.3) is 0 Å². The second-order valence-corrected chi connectivity index (χ2v) is 9.70. The van der Waals surface area contributed by atoms with E-state index >= 15 is 0 Å². The Morgan fingerprint density at radius 2 is 2.10 bits per heavy atom. The molecule has 0 amide bonds. The largest absolute Gasteiger partial charge is 0.400 e. The highest BCUT2D eigenvalue weighted by atomic mass is 35.5. The number of pyridine rings is 1. The summed E-state index contributed by atoms with van der Waals surface area (Å²) in [6.45, 7) is 0.157. The number of aryl methyl sites for hydroxylation is 1. The van der Waals surface area contributed by atoms with Crippen LogP contribution in [0.1, 0.15) is 17.3 Å². The van der Waals surface area contributed by atoms with Gasteiger partial charge in [0, 0.05) is 47.2 Å². The van der Waals surface area contributed by atoms with E-state index in [-0.39, 0.29) is 18.1 Å². The Kier molecular flexibility index (Phi) is 5.06. The first-order valence-corrected chi connectivity index (χ1v) is 11.1. The van der Waals surface area contributed by atoms with Crippen molar-refractivity contribution in [3.8, 4) is 11.4 Å². The van der Waals surface area contributed by atoms with Crippen molar-refractivity contribution in [3.05, 3.63) is 54.3 Å². The van der Waals surface area contributed by atoms with Crippen LogP contribution < -0.4 is 0 Å². The zero-order chi connectivity index (χ0) is 21.5. The summed E-state index contributed by atoms with van der Waals surface area (Å²) in [6, 6.07) is 3.24. The number of hydrogen-bond donors (Lipinski definition) is 0. The molecule has 0 aliphatic rings. The number of imidazole rings is 2. The van der Waals surface area contributed by atoms with Crippen LogP contribution in [0.3, 0.4) is 0 Å². The summed E-state index contributed by atoms with van der Waals surface area (Å²) in [6.07, 6.45) is 8.44. The Bertz CT molecular complexity index is 1330. The molecular formula is C17H16ClF2N7O2S. The summed E-state index contributed by atoms with van der Waals surface area (Å²) in [7, 11) is -0.645. The van der Waals surface area contributed by atoms with Crippen LogP contribution in [-0.4, -0.2) is 39.5 Å². The van der Waals surface area contributed by atoms with Crippen LogP contribution >= 0.6 is 11.6 Å². The van der Waals surface area contributed by atoms with E-state index in [1.165, 1.54) is 0 Å². The molecule has 9 nitrogen and oxygen atoms in total. The first-order chi connectivity index (χ1) is 14.1. The van der Waals surface area contributed by atoms with E-state index in [1.807, 2.05) is 7.05 Å². The van der Waals surface area contributed by atoms with Crippen molar-refractivity contribution >= 4 is 27.0 Å². The minimum absolute atomic E-state index is 0.0333. The quantitative estimate of drug-likeness (QED) is 0.413. The molecule has 0 saturated carbocycles. The second-order valence-electron chi connectivity index (χ2n) is 6.76. The number of aromatic nitrogens is 6. The SMILES string of the molecule is Cn1cnc(CS(C)(=O)=NCc2cn3ccc(-c4noc(C(F)(F)Cl)n4)cc3n2)c1. The first kappa shape index (κ1) is 20.4. The molecule has 0 N–H and O–H groups in total. The van der Waals surface area contributed by atoms with Crippen molar-refractivity contribution in [1.82, 2.24) is 29.1 Å². The Balaban J connectivity index is 1.55. The predicted molar refractivity (Wildman–Crippen MR) is 105 cm³/mol. The number of fused-ring (bicyclic) bond motifs is 1. The summed E-state index contributed by atoms with van der Waals surface area (Å²) in [5, 5.41) is -0.211. The van der Waals surface area contributed by atoms with Crippen LogP contribution in [0.5, 0.6) is 0 Å². The van der Waals surface area contributed by atoms with Crippen LogP contribution in [0.4, 0.5) is 8.78 Å². The molecule has 4 rings (SSSR count). The van der Waals surface area contributed by atoms with E-state index in [2.05, 4.69) is 29.0 Å². The standard InChI is InChI=1S/C17H16ClF2N7O2S/c1-26-7-13(21-10-26)9-30(2,28)22-6-12-8-27-4-3-11(5-14(27)23-12)15-24-16(29-25-15)17(18,19)20/h3-5,7-8,10H,6,9H2,1-2H3. The Morgan fingerprint density at radius 3 is 2.77 bits per heavy atom. The molecule has 4 aromatic heterocycles. The molecule has 1 atom stereocenters. The van der Waals surface area contributed by atoms with Gasteiger partial charge < -0.3 is 13.5 Å². The van der Waals surface area contributed by atoms with Gasteiger partial charge in [-0.25, -0.2) is 18.5 Å². The third-order valence-electron chi connectivity index (χ3n) is 4.11. The summed E-state index contributed by atoms with van der Waals surface area (Å²) < 4.78 is 51.2. The van der Waals surface area contributed by atoms with Crippen molar-refractivity contribution in [2.75, 3.05) is 6.26 Å². The summed E-state index contributed by atoms with van der Waals surface area (Å²) in [4.78, 5) is 12.2. The fourth-order valence-electron chi connectivity index (χ4n) is 2.77. The average molecular weight is 456 g/mol. The fraction of sp³-hybridized carbons (Fsp3) is 0.294. The molecule has 4 heterocycles. The molecule has 30 heavy (non-hydrogen) atoms. The lowest BCUT2D eigenvalue weighted by Gasteiger charge is -2.00. The van der Waals surface area contributed by atoms with Crippen molar-refractivity contribution in [2.45, 2.75) is 17.7 Å². The van der Waals surface area contributed by atoms with Gasteiger partial charge in [-0.1, -0.05) is 5.16 Å². The van der Waals surface area contributed by atoms with E-state index in [0.717, 1.165) is 0 Å². The minimum atomic E-state index is -3.74. The maximum absolute atomic E-state index is 13.1. The normalized spacial score (nSPS) is 14.2. The zero-order valence-electron chi connectivity index (χ0n) is 15.9. The lowest BCUT2D eigenvalue weighted by atomic mass is 10.2. The molecule has 4 aromatic rings. The smallest absolute Gasteiger partial charge is 0.340 e. The van der Waals surface area contributed by atoms with Gasteiger partial charge in [-0.2, -0.15) is 13.8 Å². The Hall–Kier alpha value is -2.86. The van der Waals surface area contributed by atoms with E-state index < -0.39 is 21.0 Å². The highest BCUT2D eigenvalue weighted by Gasteiger charge is 2.35. The van der Waals surface area contributed by atoms with Gasteiger partial charge in [0.05, 0.1) is 30.0 Å². The lowest BCUT2D eigenvalue weighted by molar-refractivity contribution is 0.0551. The Labute approximate surface area is 174 Å². The van der Waals surface area contributed by atoms with Gasteiger partial charge >= 0.3 is 11.3 Å². The molecule has 158 valence electrons. The molecule has 0 radical (unpaired) electrons. The monoisotopic (exact) mass is 455 g/mol.